The SMILES string of the molecule is CCOC(=O)CNc1c(-c2cc(F)ccc2F)nc2cc(C(=O)NC(CC(=O)O)c3ccc(C)cc3)ccn12. The van der Waals surface area contributed by atoms with Crippen LogP contribution < -0.4 is 10.6 Å². The van der Waals surface area contributed by atoms with Gasteiger partial charge in [-0.3, -0.25) is 18.8 Å². The lowest BCUT2D eigenvalue weighted by atomic mass is 10.0. The van der Waals surface area contributed by atoms with E-state index in [0.717, 1.165) is 23.8 Å². The van der Waals surface area contributed by atoms with Crippen molar-refractivity contribution in [3.63, 3.8) is 0 Å². The summed E-state index contributed by atoms with van der Waals surface area (Å²) in [6.07, 6.45) is 1.16. The summed E-state index contributed by atoms with van der Waals surface area (Å²) < 4.78 is 35.1. The lowest BCUT2D eigenvalue weighted by molar-refractivity contribution is -0.141. The molecule has 4 rings (SSSR count). The maximum absolute atomic E-state index is 14.7. The minimum Gasteiger partial charge on any atom is -0.481 e. The van der Waals surface area contributed by atoms with Crippen LogP contribution in [0.4, 0.5) is 14.6 Å². The van der Waals surface area contributed by atoms with Crippen LogP contribution in [-0.2, 0) is 14.3 Å². The Morgan fingerprint density at radius 2 is 1.82 bits per heavy atom. The third-order valence-electron chi connectivity index (χ3n) is 5.94. The number of pyridine rings is 1. The average molecular weight is 537 g/mol. The molecule has 1 atom stereocenters. The van der Waals surface area contributed by atoms with E-state index in [2.05, 4.69) is 15.6 Å². The van der Waals surface area contributed by atoms with Crippen molar-refractivity contribution < 1.29 is 33.0 Å². The van der Waals surface area contributed by atoms with Gasteiger partial charge in [0, 0.05) is 17.3 Å². The van der Waals surface area contributed by atoms with E-state index in [4.69, 9.17) is 4.74 Å². The topological polar surface area (TPSA) is 122 Å². The number of hydrogen-bond acceptors (Lipinski definition) is 6. The molecule has 11 heteroatoms. The van der Waals surface area contributed by atoms with Crippen LogP contribution in [0.25, 0.3) is 16.9 Å². The molecule has 0 aliphatic carbocycles. The van der Waals surface area contributed by atoms with E-state index in [9.17, 15) is 28.3 Å². The fourth-order valence-corrected chi connectivity index (χ4v) is 4.06. The maximum atomic E-state index is 14.7. The zero-order valence-electron chi connectivity index (χ0n) is 21.2. The summed E-state index contributed by atoms with van der Waals surface area (Å²) in [7, 11) is 0. The number of aromatic nitrogens is 2. The van der Waals surface area contributed by atoms with Gasteiger partial charge in [0.2, 0.25) is 0 Å². The molecule has 202 valence electrons. The number of amides is 1. The second-order valence-corrected chi connectivity index (χ2v) is 8.77. The van der Waals surface area contributed by atoms with Crippen molar-refractivity contribution in [1.82, 2.24) is 14.7 Å². The van der Waals surface area contributed by atoms with Gasteiger partial charge >= 0.3 is 11.9 Å². The number of nitrogens with zero attached hydrogens (tertiary/aromatic N) is 2. The predicted molar refractivity (Wildman–Crippen MR) is 139 cm³/mol. The molecule has 3 N–H and O–H groups in total. The first-order valence-electron chi connectivity index (χ1n) is 12.1. The molecule has 2 heterocycles. The Morgan fingerprint density at radius 3 is 2.51 bits per heavy atom. The molecule has 0 fully saturated rings. The van der Waals surface area contributed by atoms with Crippen LogP contribution in [0.2, 0.25) is 0 Å². The molecule has 4 aromatic rings. The van der Waals surface area contributed by atoms with Crippen molar-refractivity contribution in [1.29, 1.82) is 0 Å². The Bertz CT molecular complexity index is 1540. The zero-order chi connectivity index (χ0) is 28.1. The summed E-state index contributed by atoms with van der Waals surface area (Å²) in [6, 6.07) is 12.2. The Labute approximate surface area is 222 Å². The smallest absolute Gasteiger partial charge is 0.325 e. The lowest BCUT2D eigenvalue weighted by Gasteiger charge is -2.18. The van der Waals surface area contributed by atoms with Gasteiger partial charge < -0.3 is 20.5 Å². The summed E-state index contributed by atoms with van der Waals surface area (Å²) in [5.74, 6) is -3.41. The Kier molecular flexibility index (Phi) is 8.18. The van der Waals surface area contributed by atoms with Gasteiger partial charge in [0.1, 0.15) is 35.3 Å². The van der Waals surface area contributed by atoms with E-state index in [1.165, 1.54) is 22.7 Å². The summed E-state index contributed by atoms with van der Waals surface area (Å²) in [4.78, 5) is 41.0. The van der Waals surface area contributed by atoms with E-state index >= 15 is 0 Å². The monoisotopic (exact) mass is 536 g/mol. The van der Waals surface area contributed by atoms with E-state index in [-0.39, 0.29) is 47.9 Å². The zero-order valence-corrected chi connectivity index (χ0v) is 21.2. The van der Waals surface area contributed by atoms with E-state index in [0.29, 0.717) is 5.56 Å². The number of ether oxygens (including phenoxy) is 1. The van der Waals surface area contributed by atoms with E-state index < -0.39 is 35.5 Å². The predicted octanol–water partition coefficient (Wildman–Crippen LogP) is 4.51. The number of nitrogens with one attached hydrogen (secondary N) is 2. The highest BCUT2D eigenvalue weighted by atomic mass is 19.1. The summed E-state index contributed by atoms with van der Waals surface area (Å²) >= 11 is 0. The maximum Gasteiger partial charge on any atom is 0.325 e. The number of carboxylic acids is 1. The van der Waals surface area contributed by atoms with Crippen molar-refractivity contribution in [2.45, 2.75) is 26.3 Å². The van der Waals surface area contributed by atoms with Crippen molar-refractivity contribution in [2.75, 3.05) is 18.5 Å². The van der Waals surface area contributed by atoms with Crippen LogP contribution in [0.15, 0.2) is 60.8 Å². The van der Waals surface area contributed by atoms with Crippen molar-refractivity contribution in [3.8, 4) is 11.3 Å². The third-order valence-corrected chi connectivity index (χ3v) is 5.94. The molecule has 9 nitrogen and oxygen atoms in total. The average Bonchev–Trinajstić information content (AvgIpc) is 3.26. The quantitative estimate of drug-likeness (QED) is 0.255. The number of aryl methyl sites for hydroxylation is 1. The third kappa shape index (κ3) is 6.38. The lowest BCUT2D eigenvalue weighted by Crippen LogP contribution is -2.30. The fourth-order valence-electron chi connectivity index (χ4n) is 4.06. The summed E-state index contributed by atoms with van der Waals surface area (Å²) in [5.41, 5.74) is 1.87. The molecule has 0 bridgehead atoms. The summed E-state index contributed by atoms with van der Waals surface area (Å²) in [5, 5.41) is 15.0. The number of halogens is 2. The number of rotatable bonds is 10. The number of anilines is 1. The Balaban J connectivity index is 1.70. The first-order chi connectivity index (χ1) is 18.7. The van der Waals surface area contributed by atoms with E-state index in [1.54, 1.807) is 19.1 Å². The minimum absolute atomic E-state index is 0.0252. The van der Waals surface area contributed by atoms with Gasteiger partial charge in [-0.1, -0.05) is 29.8 Å². The van der Waals surface area contributed by atoms with Gasteiger partial charge in [-0.05, 0) is 49.7 Å². The molecule has 0 saturated carbocycles. The highest BCUT2D eigenvalue weighted by Gasteiger charge is 2.22. The molecule has 0 radical (unpaired) electrons. The van der Waals surface area contributed by atoms with Crippen molar-refractivity contribution >= 4 is 29.3 Å². The standard InChI is InChI=1S/C28H26F2N4O5/c1-3-39-25(37)15-31-27-26(20-13-19(29)8-9-21(20)30)33-23-12-18(10-11-34(23)27)28(38)32-22(14-24(35)36)17-6-4-16(2)5-7-17/h4-13,22,31H,3,14-15H2,1-2H3,(H,32,38)(H,35,36). The van der Waals surface area contributed by atoms with Crippen LogP contribution in [0.3, 0.4) is 0 Å². The molecule has 1 unspecified atom stereocenters. The van der Waals surface area contributed by atoms with Crippen molar-refractivity contribution in [3.05, 3.63) is 89.1 Å². The van der Waals surface area contributed by atoms with Gasteiger partial charge in [0.05, 0.1) is 19.1 Å². The molecule has 2 aromatic heterocycles. The second-order valence-electron chi connectivity index (χ2n) is 8.77. The van der Waals surface area contributed by atoms with Crippen LogP contribution in [0.5, 0.6) is 0 Å². The number of carboxylic acid groups (broad SMARTS) is 1. The van der Waals surface area contributed by atoms with E-state index in [1.807, 2.05) is 19.1 Å². The molecule has 2 aromatic carbocycles. The highest BCUT2D eigenvalue weighted by Crippen LogP contribution is 2.31. The largest absolute Gasteiger partial charge is 0.481 e. The fraction of sp³-hybridized carbons (Fsp3) is 0.214. The van der Waals surface area contributed by atoms with Gasteiger partial charge in [0.15, 0.2) is 0 Å². The molecule has 39 heavy (non-hydrogen) atoms. The molecule has 0 saturated heterocycles. The van der Waals surface area contributed by atoms with Crippen molar-refractivity contribution in [2.24, 2.45) is 0 Å². The number of fused-ring (bicyclic) bond motifs is 1. The highest BCUT2D eigenvalue weighted by molar-refractivity contribution is 5.96. The number of carbonyl (C=O) groups excluding carboxylic acids is 2. The van der Waals surface area contributed by atoms with Crippen LogP contribution in [0.1, 0.15) is 40.9 Å². The molecular weight excluding hydrogens is 510 g/mol. The number of carbonyl (C=O) groups is 3. The first kappa shape index (κ1) is 27.2. The van der Waals surface area contributed by atoms with Gasteiger partial charge in [-0.25, -0.2) is 13.8 Å². The number of hydrogen-bond donors (Lipinski definition) is 3. The molecule has 0 aliphatic heterocycles. The number of imidazole rings is 1. The van der Waals surface area contributed by atoms with Crippen LogP contribution in [0, 0.1) is 18.6 Å². The number of esters is 1. The Morgan fingerprint density at radius 1 is 1.08 bits per heavy atom. The normalized spacial score (nSPS) is 11.7. The minimum atomic E-state index is -1.08. The number of benzene rings is 2. The van der Waals surface area contributed by atoms with Gasteiger partial charge in [-0.15, -0.1) is 0 Å². The first-order valence-corrected chi connectivity index (χ1v) is 12.1. The summed E-state index contributed by atoms with van der Waals surface area (Å²) in [6.45, 7) is 3.46. The Hall–Kier alpha value is -4.80. The second kappa shape index (κ2) is 11.7. The number of aliphatic carboxylic acids is 1. The van der Waals surface area contributed by atoms with Gasteiger partial charge in [0.25, 0.3) is 5.91 Å². The van der Waals surface area contributed by atoms with Gasteiger partial charge in [-0.2, -0.15) is 0 Å². The molecule has 0 spiro atoms. The molecule has 0 aliphatic rings. The molecular formula is C28H26F2N4O5. The molecule has 1 amide bonds. The van der Waals surface area contributed by atoms with Crippen LogP contribution in [-0.4, -0.2) is 45.5 Å². The van der Waals surface area contributed by atoms with Crippen LogP contribution >= 0.6 is 0 Å².